The molecule has 0 aromatic heterocycles. The van der Waals surface area contributed by atoms with Crippen molar-refractivity contribution in [2.24, 2.45) is 4.99 Å². The van der Waals surface area contributed by atoms with Crippen LogP contribution in [0.2, 0.25) is 5.02 Å². The van der Waals surface area contributed by atoms with Crippen LogP contribution < -0.4 is 5.32 Å². The van der Waals surface area contributed by atoms with Crippen LogP contribution in [0.5, 0.6) is 0 Å². The minimum atomic E-state index is -5.08. The van der Waals surface area contributed by atoms with E-state index in [0.29, 0.717) is 13.0 Å². The van der Waals surface area contributed by atoms with Crippen molar-refractivity contribution in [3.63, 3.8) is 0 Å². The zero-order valence-electron chi connectivity index (χ0n) is 21.0. The van der Waals surface area contributed by atoms with E-state index in [2.05, 4.69) is 10.3 Å². The first kappa shape index (κ1) is 32.0. The van der Waals surface area contributed by atoms with Gasteiger partial charge < -0.3 is 15.3 Å². The van der Waals surface area contributed by atoms with Gasteiger partial charge in [0.2, 0.25) is 15.9 Å². The van der Waals surface area contributed by atoms with Gasteiger partial charge in [0.15, 0.2) is 0 Å². The SMILES string of the molecule is CN(CCc1ccc(C2=NCCN2)cc1)C(=O)CCN(C)S(=O)(=O)c1ccc(F)cc1Cl.O=C(O)C(F)(F)F. The minimum Gasteiger partial charge on any atom is -0.475 e. The van der Waals surface area contributed by atoms with E-state index in [1.165, 1.54) is 7.05 Å². The summed E-state index contributed by atoms with van der Waals surface area (Å²) in [5.41, 5.74) is 2.14. The molecular weight excluding hydrogens is 568 g/mol. The number of aliphatic carboxylic acids is 1. The predicted octanol–water partition coefficient (Wildman–Crippen LogP) is 3.17. The Balaban J connectivity index is 0.000000673. The molecule has 0 bridgehead atoms. The summed E-state index contributed by atoms with van der Waals surface area (Å²) in [4.78, 5) is 27.2. The maximum atomic E-state index is 13.2. The highest BCUT2D eigenvalue weighted by atomic mass is 35.5. The number of carbonyl (C=O) groups is 2. The molecule has 2 aromatic carbocycles. The molecule has 0 saturated carbocycles. The van der Waals surface area contributed by atoms with Crippen LogP contribution in [0.4, 0.5) is 17.6 Å². The first-order chi connectivity index (χ1) is 18.1. The normalized spacial score (nSPS) is 13.3. The monoisotopic (exact) mass is 594 g/mol. The number of amidine groups is 1. The first-order valence-electron chi connectivity index (χ1n) is 11.5. The molecule has 1 heterocycles. The van der Waals surface area contributed by atoms with E-state index in [-0.39, 0.29) is 28.8 Å². The Morgan fingerprint density at radius 3 is 2.23 bits per heavy atom. The summed E-state index contributed by atoms with van der Waals surface area (Å²) in [5.74, 6) is -2.64. The second kappa shape index (κ2) is 13.7. The van der Waals surface area contributed by atoms with Crippen LogP contribution in [0.3, 0.4) is 0 Å². The van der Waals surface area contributed by atoms with Crippen molar-refractivity contribution in [3.8, 4) is 0 Å². The molecule has 2 N–H and O–H groups in total. The van der Waals surface area contributed by atoms with Crippen molar-refractivity contribution >= 4 is 39.3 Å². The Kier molecular flexibility index (Phi) is 11.2. The molecular formula is C24H27ClF4N4O5S. The van der Waals surface area contributed by atoms with Gasteiger partial charge in [-0.1, -0.05) is 35.9 Å². The maximum absolute atomic E-state index is 13.2. The molecule has 1 aliphatic heterocycles. The summed E-state index contributed by atoms with van der Waals surface area (Å²) in [6, 6.07) is 11.2. The molecule has 3 rings (SSSR count). The van der Waals surface area contributed by atoms with Crippen LogP contribution in [0.25, 0.3) is 0 Å². The van der Waals surface area contributed by atoms with Gasteiger partial charge in [-0.3, -0.25) is 9.79 Å². The number of aliphatic imine (C=N–C) groups is 1. The van der Waals surface area contributed by atoms with E-state index in [0.717, 1.165) is 52.6 Å². The molecule has 0 atom stereocenters. The number of carbonyl (C=O) groups excluding carboxylic acids is 1. The number of nitrogens with zero attached hydrogens (tertiary/aromatic N) is 3. The van der Waals surface area contributed by atoms with Crippen molar-refractivity contribution < 1.29 is 40.7 Å². The average Bonchev–Trinajstić information content (AvgIpc) is 3.40. The zero-order valence-corrected chi connectivity index (χ0v) is 22.6. The standard InChI is InChI=1S/C22H26ClFN4O3S.C2HF3O2/c1-27(13-9-16-3-5-17(6-4-16)22-25-11-12-26-22)21(29)10-14-28(2)32(30,31)20-8-7-18(24)15-19(20)23;3-2(4,5)1(6)7/h3-8,15H,9-14H2,1-2H3,(H,25,26);(H,6,7). The number of halogens is 5. The van der Waals surface area contributed by atoms with Gasteiger partial charge in [0, 0.05) is 45.7 Å². The highest BCUT2D eigenvalue weighted by Crippen LogP contribution is 2.25. The fourth-order valence-corrected chi connectivity index (χ4v) is 4.93. The van der Waals surface area contributed by atoms with Gasteiger partial charge in [-0.15, -0.1) is 0 Å². The van der Waals surface area contributed by atoms with Crippen LogP contribution in [-0.4, -0.2) is 86.9 Å². The smallest absolute Gasteiger partial charge is 0.475 e. The fourth-order valence-electron chi connectivity index (χ4n) is 3.26. The zero-order chi connectivity index (χ0) is 29.4. The summed E-state index contributed by atoms with van der Waals surface area (Å²) >= 11 is 5.89. The van der Waals surface area contributed by atoms with E-state index in [4.69, 9.17) is 21.5 Å². The van der Waals surface area contributed by atoms with Crippen LogP contribution in [-0.2, 0) is 26.0 Å². The largest absolute Gasteiger partial charge is 0.490 e. The van der Waals surface area contributed by atoms with E-state index in [1.54, 1.807) is 11.9 Å². The summed E-state index contributed by atoms with van der Waals surface area (Å²) in [5, 5.41) is 10.2. The second-order valence-electron chi connectivity index (χ2n) is 8.37. The van der Waals surface area contributed by atoms with Crippen LogP contribution in [0.1, 0.15) is 17.5 Å². The Bertz CT molecular complexity index is 1300. The molecule has 9 nitrogen and oxygen atoms in total. The maximum Gasteiger partial charge on any atom is 0.490 e. The lowest BCUT2D eigenvalue weighted by Gasteiger charge is -2.21. The van der Waals surface area contributed by atoms with Crippen molar-refractivity contribution in [1.82, 2.24) is 14.5 Å². The van der Waals surface area contributed by atoms with Crippen molar-refractivity contribution in [1.29, 1.82) is 0 Å². The number of carboxylic acid groups (broad SMARTS) is 1. The van der Waals surface area contributed by atoms with Crippen LogP contribution in [0, 0.1) is 5.82 Å². The quantitative estimate of drug-likeness (QED) is 0.431. The number of benzene rings is 2. The predicted molar refractivity (Wildman–Crippen MR) is 137 cm³/mol. The molecule has 0 aliphatic carbocycles. The summed E-state index contributed by atoms with van der Waals surface area (Å²) in [6.45, 7) is 2.15. The van der Waals surface area contributed by atoms with Gasteiger partial charge in [-0.25, -0.2) is 21.9 Å². The lowest BCUT2D eigenvalue weighted by atomic mass is 10.1. The summed E-state index contributed by atoms with van der Waals surface area (Å²) in [7, 11) is -0.863. The Morgan fingerprint density at radius 2 is 1.72 bits per heavy atom. The third-order valence-electron chi connectivity index (χ3n) is 5.53. The Morgan fingerprint density at radius 1 is 1.10 bits per heavy atom. The molecule has 1 amide bonds. The number of likely N-dealkylation sites (N-methyl/N-ethyl adjacent to an activating group) is 1. The third-order valence-corrected chi connectivity index (χ3v) is 7.87. The first-order valence-corrected chi connectivity index (χ1v) is 13.3. The number of carboxylic acids is 1. The number of hydrogen-bond acceptors (Lipinski definition) is 6. The number of nitrogens with one attached hydrogen (secondary N) is 1. The molecule has 15 heteroatoms. The van der Waals surface area contributed by atoms with Crippen molar-refractivity contribution in [2.75, 3.05) is 40.3 Å². The highest BCUT2D eigenvalue weighted by molar-refractivity contribution is 7.89. The third kappa shape index (κ3) is 9.48. The van der Waals surface area contributed by atoms with Gasteiger partial charge >= 0.3 is 12.1 Å². The van der Waals surface area contributed by atoms with Crippen LogP contribution >= 0.6 is 11.6 Å². The van der Waals surface area contributed by atoms with E-state index < -0.39 is 28.0 Å². The number of sulfonamides is 1. The molecule has 2 aromatic rings. The molecule has 0 fully saturated rings. The van der Waals surface area contributed by atoms with Gasteiger partial charge in [0.05, 0.1) is 11.6 Å². The van der Waals surface area contributed by atoms with Crippen molar-refractivity contribution in [3.05, 3.63) is 64.4 Å². The second-order valence-corrected chi connectivity index (χ2v) is 10.8. The Hall–Kier alpha value is -3.23. The number of hydrogen-bond donors (Lipinski definition) is 2. The van der Waals surface area contributed by atoms with Gasteiger partial charge in [0.25, 0.3) is 0 Å². The van der Waals surface area contributed by atoms with Crippen LogP contribution in [0.15, 0.2) is 52.4 Å². The lowest BCUT2D eigenvalue weighted by Crippen LogP contribution is -2.34. The summed E-state index contributed by atoms with van der Waals surface area (Å²) in [6.07, 6.45) is -4.38. The van der Waals surface area contributed by atoms with E-state index in [9.17, 15) is 30.8 Å². The number of rotatable bonds is 9. The topological polar surface area (TPSA) is 119 Å². The van der Waals surface area contributed by atoms with Crippen molar-refractivity contribution in [2.45, 2.75) is 23.9 Å². The van der Waals surface area contributed by atoms with E-state index >= 15 is 0 Å². The molecule has 0 radical (unpaired) electrons. The number of alkyl halides is 3. The average molecular weight is 595 g/mol. The minimum absolute atomic E-state index is 0.0109. The number of amides is 1. The van der Waals surface area contributed by atoms with E-state index in [1.807, 2.05) is 24.3 Å². The Labute approximate surface area is 228 Å². The molecule has 0 saturated heterocycles. The lowest BCUT2D eigenvalue weighted by molar-refractivity contribution is -0.192. The van der Waals surface area contributed by atoms with Gasteiger partial charge in [-0.05, 0) is 30.2 Å². The molecule has 214 valence electrons. The fraction of sp³-hybridized carbons (Fsp3) is 0.375. The highest BCUT2D eigenvalue weighted by Gasteiger charge is 2.38. The van der Waals surface area contributed by atoms with Gasteiger partial charge in [-0.2, -0.15) is 13.2 Å². The summed E-state index contributed by atoms with van der Waals surface area (Å²) < 4.78 is 71.3. The molecule has 0 spiro atoms. The molecule has 39 heavy (non-hydrogen) atoms. The van der Waals surface area contributed by atoms with Gasteiger partial charge in [0.1, 0.15) is 16.5 Å². The molecule has 1 aliphatic rings. The molecule has 0 unspecified atom stereocenters.